The summed E-state index contributed by atoms with van der Waals surface area (Å²) in [5, 5.41) is 8.55. The van der Waals surface area contributed by atoms with Crippen molar-refractivity contribution < 1.29 is 13.9 Å². The number of rotatable bonds is 5. The second-order valence-electron chi connectivity index (χ2n) is 7.27. The molecule has 2 heterocycles. The molecule has 2 aromatic rings. The topological polar surface area (TPSA) is 71.7 Å². The van der Waals surface area contributed by atoms with Gasteiger partial charge >= 0.3 is 0 Å². The number of ether oxygens (including phenoxy) is 1. The fraction of sp³-hybridized carbons (Fsp3) is 0.526. The van der Waals surface area contributed by atoms with Crippen LogP contribution in [0.2, 0.25) is 0 Å². The highest BCUT2D eigenvalue weighted by atomic mass is 16.5. The largest absolute Gasteiger partial charge is 0.420 e. The molecule has 1 aliphatic carbocycles. The first-order valence-corrected chi connectivity index (χ1v) is 8.96. The highest BCUT2D eigenvalue weighted by Crippen LogP contribution is 2.44. The van der Waals surface area contributed by atoms with E-state index in [4.69, 9.17) is 9.15 Å². The molecule has 1 unspecified atom stereocenters. The summed E-state index contributed by atoms with van der Waals surface area (Å²) in [5.74, 6) is 1.18. The second-order valence-corrected chi connectivity index (χ2v) is 7.27. The van der Waals surface area contributed by atoms with E-state index >= 15 is 0 Å². The van der Waals surface area contributed by atoms with Crippen LogP contribution in [0.1, 0.15) is 36.3 Å². The Kier molecular flexibility index (Phi) is 4.28. The Labute approximate surface area is 152 Å². The smallest absolute Gasteiger partial charge is 0.242 e. The predicted octanol–water partition coefficient (Wildman–Crippen LogP) is 1.57. The van der Waals surface area contributed by atoms with Gasteiger partial charge in [0.1, 0.15) is 12.1 Å². The number of fused-ring (bicyclic) bond motifs is 1. The van der Waals surface area contributed by atoms with Gasteiger partial charge in [0.25, 0.3) is 0 Å². The molecule has 0 radical (unpaired) electrons. The molecule has 1 fully saturated rings. The molecule has 2 aliphatic rings. The van der Waals surface area contributed by atoms with E-state index < -0.39 is 0 Å². The number of likely N-dealkylation sites (tertiary alicyclic amines) is 1. The van der Waals surface area contributed by atoms with Gasteiger partial charge in [-0.05, 0) is 38.1 Å². The molecular weight excluding hydrogens is 332 g/mol. The number of amides is 1. The molecule has 1 saturated heterocycles. The number of nitrogens with zero attached hydrogens (tertiary/aromatic N) is 4. The molecule has 1 atom stereocenters. The lowest BCUT2D eigenvalue weighted by Crippen LogP contribution is -2.53. The molecule has 7 heteroatoms. The maximum atomic E-state index is 11.2. The van der Waals surface area contributed by atoms with Crippen LogP contribution in [0.4, 0.5) is 0 Å². The van der Waals surface area contributed by atoms with Crippen molar-refractivity contribution in [1.82, 2.24) is 20.0 Å². The molecule has 4 rings (SSSR count). The zero-order valence-corrected chi connectivity index (χ0v) is 15.4. The van der Waals surface area contributed by atoms with Crippen LogP contribution >= 0.6 is 0 Å². The van der Waals surface area contributed by atoms with Gasteiger partial charge in [-0.1, -0.05) is 24.3 Å². The number of carbonyl (C=O) groups excluding carboxylic acids is 1. The van der Waals surface area contributed by atoms with Gasteiger partial charge in [0.2, 0.25) is 17.7 Å². The minimum Gasteiger partial charge on any atom is -0.420 e. The van der Waals surface area contributed by atoms with Crippen LogP contribution in [0.3, 0.4) is 0 Å². The molecular formula is C19H24N4O3. The van der Waals surface area contributed by atoms with E-state index in [0.29, 0.717) is 24.9 Å². The van der Waals surface area contributed by atoms with Gasteiger partial charge < -0.3 is 14.1 Å². The molecule has 1 aliphatic heterocycles. The van der Waals surface area contributed by atoms with Crippen molar-refractivity contribution in [3.63, 3.8) is 0 Å². The van der Waals surface area contributed by atoms with Gasteiger partial charge in [-0.2, -0.15) is 0 Å². The van der Waals surface area contributed by atoms with Crippen molar-refractivity contribution in [3.05, 3.63) is 47.2 Å². The maximum absolute atomic E-state index is 11.2. The number of benzene rings is 1. The molecule has 1 aromatic heterocycles. The molecule has 1 amide bonds. The lowest BCUT2D eigenvalue weighted by atomic mass is 9.90. The minimum absolute atomic E-state index is 0.0456. The summed E-state index contributed by atoms with van der Waals surface area (Å²) in [7, 11) is 4.10. The van der Waals surface area contributed by atoms with Crippen molar-refractivity contribution in [2.45, 2.75) is 38.0 Å². The van der Waals surface area contributed by atoms with Crippen molar-refractivity contribution in [2.75, 3.05) is 27.2 Å². The molecule has 0 spiro atoms. The van der Waals surface area contributed by atoms with Gasteiger partial charge in [0.05, 0.1) is 6.10 Å². The summed E-state index contributed by atoms with van der Waals surface area (Å²) in [6.45, 7) is 3.10. The van der Waals surface area contributed by atoms with Gasteiger partial charge in [-0.3, -0.25) is 9.69 Å². The standard InChI is InChI=1S/C19H24N4O3/c1-13(24)23-10-15(11-23)25-12-17-20-21-18(26-17)19(22(2)3)9-8-14-6-4-5-7-16(14)19/h4-7,15H,8-12H2,1-3H3. The van der Waals surface area contributed by atoms with Crippen molar-refractivity contribution >= 4 is 5.91 Å². The third-order valence-corrected chi connectivity index (χ3v) is 5.54. The quantitative estimate of drug-likeness (QED) is 0.810. The number of aromatic nitrogens is 2. The first-order chi connectivity index (χ1) is 12.5. The van der Waals surface area contributed by atoms with Crippen LogP contribution in [0.15, 0.2) is 28.7 Å². The van der Waals surface area contributed by atoms with Crippen LogP contribution in [-0.2, 0) is 28.1 Å². The average Bonchev–Trinajstić information content (AvgIpc) is 3.18. The summed E-state index contributed by atoms with van der Waals surface area (Å²) >= 11 is 0. The minimum atomic E-state index is -0.385. The molecule has 0 bridgehead atoms. The van der Waals surface area contributed by atoms with Crippen molar-refractivity contribution in [2.24, 2.45) is 0 Å². The van der Waals surface area contributed by atoms with Crippen LogP contribution in [0.25, 0.3) is 0 Å². The number of hydrogen-bond donors (Lipinski definition) is 0. The highest BCUT2D eigenvalue weighted by molar-refractivity contribution is 5.74. The van der Waals surface area contributed by atoms with E-state index in [1.54, 1.807) is 11.8 Å². The third-order valence-electron chi connectivity index (χ3n) is 5.54. The van der Waals surface area contributed by atoms with E-state index in [0.717, 1.165) is 12.8 Å². The number of aryl methyl sites for hydroxylation is 1. The molecule has 7 nitrogen and oxygen atoms in total. The van der Waals surface area contributed by atoms with Gasteiger partial charge in [-0.25, -0.2) is 0 Å². The van der Waals surface area contributed by atoms with Crippen LogP contribution < -0.4 is 0 Å². The summed E-state index contributed by atoms with van der Waals surface area (Å²) < 4.78 is 11.8. The lowest BCUT2D eigenvalue weighted by Gasteiger charge is -2.37. The zero-order valence-electron chi connectivity index (χ0n) is 15.4. The van der Waals surface area contributed by atoms with E-state index in [-0.39, 0.29) is 24.2 Å². The van der Waals surface area contributed by atoms with E-state index in [2.05, 4.69) is 39.4 Å². The Balaban J connectivity index is 1.49. The Morgan fingerprint density at radius 3 is 2.85 bits per heavy atom. The average molecular weight is 356 g/mol. The fourth-order valence-electron chi connectivity index (χ4n) is 3.94. The number of hydrogen-bond acceptors (Lipinski definition) is 6. The second kappa shape index (κ2) is 6.48. The highest BCUT2D eigenvalue weighted by Gasteiger charge is 2.46. The Hall–Kier alpha value is -2.25. The monoisotopic (exact) mass is 356 g/mol. The lowest BCUT2D eigenvalue weighted by molar-refractivity contribution is -0.144. The molecule has 0 saturated carbocycles. The third kappa shape index (κ3) is 2.71. The molecule has 138 valence electrons. The fourth-order valence-corrected chi connectivity index (χ4v) is 3.94. The van der Waals surface area contributed by atoms with Crippen LogP contribution in [0, 0.1) is 0 Å². The normalized spacial score (nSPS) is 22.5. The molecule has 0 N–H and O–H groups in total. The van der Waals surface area contributed by atoms with Crippen LogP contribution in [-0.4, -0.2) is 59.2 Å². The zero-order chi connectivity index (χ0) is 18.3. The Morgan fingerprint density at radius 1 is 1.35 bits per heavy atom. The summed E-state index contributed by atoms with van der Waals surface area (Å²) in [5.41, 5.74) is 2.18. The first-order valence-electron chi connectivity index (χ1n) is 8.96. The Bertz CT molecular complexity index is 813. The van der Waals surface area contributed by atoms with Crippen LogP contribution in [0.5, 0.6) is 0 Å². The number of carbonyl (C=O) groups is 1. The van der Waals surface area contributed by atoms with Gasteiger partial charge in [0.15, 0.2) is 0 Å². The first kappa shape index (κ1) is 17.2. The maximum Gasteiger partial charge on any atom is 0.242 e. The van der Waals surface area contributed by atoms with Crippen molar-refractivity contribution in [1.29, 1.82) is 0 Å². The molecule has 1 aromatic carbocycles. The van der Waals surface area contributed by atoms with E-state index in [1.165, 1.54) is 11.1 Å². The van der Waals surface area contributed by atoms with Gasteiger partial charge in [0, 0.05) is 20.0 Å². The van der Waals surface area contributed by atoms with Crippen molar-refractivity contribution in [3.8, 4) is 0 Å². The summed E-state index contributed by atoms with van der Waals surface area (Å²) in [6, 6.07) is 8.44. The summed E-state index contributed by atoms with van der Waals surface area (Å²) in [6.07, 6.45) is 1.95. The summed E-state index contributed by atoms with van der Waals surface area (Å²) in [4.78, 5) is 15.1. The van der Waals surface area contributed by atoms with E-state index in [9.17, 15) is 4.79 Å². The Morgan fingerprint density at radius 2 is 2.12 bits per heavy atom. The van der Waals surface area contributed by atoms with E-state index in [1.807, 2.05) is 14.1 Å². The molecule has 26 heavy (non-hydrogen) atoms. The SMILES string of the molecule is CC(=O)N1CC(OCc2nnc(C3(N(C)C)CCc4ccccc43)o2)C1. The van der Waals surface area contributed by atoms with Gasteiger partial charge in [-0.15, -0.1) is 10.2 Å². The predicted molar refractivity (Wildman–Crippen MR) is 94.4 cm³/mol.